The average Bonchev–Trinajstić information content (AvgIpc) is 3.82. The second kappa shape index (κ2) is 15.9. The lowest BCUT2D eigenvalue weighted by molar-refractivity contribution is -0.690. The quantitative estimate of drug-likeness (QED) is 0.0787. The van der Waals surface area contributed by atoms with Crippen molar-refractivity contribution < 1.29 is 61.4 Å². The van der Waals surface area contributed by atoms with Gasteiger partial charge in [0.05, 0.1) is 11.1 Å². The fraction of sp³-hybridized carbons (Fsp3) is 0.222. The summed E-state index contributed by atoms with van der Waals surface area (Å²) in [5.41, 5.74) is 5.30. The Kier molecular flexibility index (Phi) is 12.0. The van der Waals surface area contributed by atoms with E-state index in [0.29, 0.717) is 0 Å². The number of thiophene rings is 2. The molecule has 54 heavy (non-hydrogen) atoms. The van der Waals surface area contributed by atoms with Crippen LogP contribution < -0.4 is 9.13 Å². The first kappa shape index (κ1) is 41.0. The summed E-state index contributed by atoms with van der Waals surface area (Å²) in [6.45, 7) is 6.72. The number of benzene rings is 1. The van der Waals surface area contributed by atoms with Crippen LogP contribution in [0.15, 0.2) is 70.2 Å². The summed E-state index contributed by atoms with van der Waals surface area (Å²) in [5.74, 6) is 0. The number of hydrogen-bond donors (Lipinski definition) is 0. The monoisotopic (exact) mass is 828 g/mol. The first-order chi connectivity index (χ1) is 25.2. The maximum absolute atomic E-state index is 10.7. The van der Waals surface area contributed by atoms with Crippen molar-refractivity contribution in [2.75, 3.05) is 0 Å². The molecule has 18 heteroatoms. The van der Waals surface area contributed by atoms with Crippen LogP contribution in [-0.2, 0) is 46.2 Å². The summed E-state index contributed by atoms with van der Waals surface area (Å²) in [6.07, 6.45) is 13.4. The van der Waals surface area contributed by atoms with Gasteiger partial charge in [-0.3, -0.25) is 0 Å². The van der Waals surface area contributed by atoms with Crippen LogP contribution >= 0.6 is 22.7 Å². The summed E-state index contributed by atoms with van der Waals surface area (Å²) in [6, 6.07) is 15.8. The Balaban J connectivity index is 0.000000295. The third-order valence-corrected chi connectivity index (χ3v) is 11.3. The zero-order valence-electron chi connectivity index (χ0n) is 28.3. The maximum Gasteiger partial charge on any atom is 0.485 e. The molecule has 6 heterocycles. The lowest BCUT2D eigenvalue weighted by atomic mass is 9.79. The summed E-state index contributed by atoms with van der Waals surface area (Å²) in [5, 5.41) is 8.67. The second-order valence-corrected chi connectivity index (χ2v) is 16.4. The summed E-state index contributed by atoms with van der Waals surface area (Å²) < 4.78 is 123. The van der Waals surface area contributed by atoms with Crippen LogP contribution in [0.5, 0.6) is 0 Å². The highest BCUT2D eigenvalue weighted by Crippen LogP contribution is 2.43. The van der Waals surface area contributed by atoms with Gasteiger partial charge in [0.15, 0.2) is 39.5 Å². The average molecular weight is 829 g/mol. The van der Waals surface area contributed by atoms with E-state index in [-0.39, 0.29) is 0 Å². The summed E-state index contributed by atoms with van der Waals surface area (Å²) in [4.78, 5) is 0. The molecule has 0 atom stereocenters. The Bertz CT molecular complexity index is 2370. The Hall–Kier alpha value is -4.20. The highest BCUT2D eigenvalue weighted by atomic mass is 32.2. The van der Waals surface area contributed by atoms with E-state index in [0.717, 1.165) is 25.9 Å². The van der Waals surface area contributed by atoms with E-state index >= 15 is 0 Å². The van der Waals surface area contributed by atoms with Crippen molar-refractivity contribution >= 4 is 67.2 Å². The van der Waals surface area contributed by atoms with Gasteiger partial charge in [0.1, 0.15) is 0 Å². The highest BCUT2D eigenvalue weighted by molar-refractivity contribution is 7.86. The van der Waals surface area contributed by atoms with E-state index in [1.165, 1.54) is 67.2 Å². The van der Waals surface area contributed by atoms with Gasteiger partial charge in [0, 0.05) is 43.2 Å². The topological polar surface area (TPSA) is 122 Å². The van der Waals surface area contributed by atoms with Crippen LogP contribution in [0, 0.1) is 13.8 Å². The van der Waals surface area contributed by atoms with Gasteiger partial charge in [-0.05, 0) is 98.6 Å². The molecule has 0 aliphatic carbocycles. The minimum Gasteiger partial charge on any atom is -0.741 e. The molecule has 0 fully saturated rings. The number of rotatable bonds is 4. The van der Waals surface area contributed by atoms with Crippen LogP contribution in [-0.4, -0.2) is 37.0 Å². The number of aryl methyl sites for hydroxylation is 1. The summed E-state index contributed by atoms with van der Waals surface area (Å²) >= 11 is 3.49. The third-order valence-electron chi connectivity index (χ3n) is 8.77. The molecule has 0 unspecified atom stereocenters. The second-order valence-electron chi connectivity index (χ2n) is 12.1. The molecule has 0 N–H and O–H groups in total. The predicted octanol–water partition coefficient (Wildman–Crippen LogP) is 7.89. The van der Waals surface area contributed by atoms with Crippen molar-refractivity contribution in [3.05, 3.63) is 115 Å². The number of aromatic nitrogens is 2. The lowest BCUT2D eigenvalue weighted by Gasteiger charge is -2.27. The molecule has 5 aromatic rings. The van der Waals surface area contributed by atoms with Gasteiger partial charge in [-0.25, -0.2) is 16.8 Å². The molecule has 2 aliphatic heterocycles. The Labute approximate surface area is 315 Å². The standard InChI is InChI=1S/C34H30N2S2.2CHF3O3S/c1-23-24(2)30-12-17-36-28(9-8-27-14-19-38-22-27)4-3-5-31(36)33(30)34-29(23)11-16-35-15-10-25(20-32(34)35)6-7-26-13-18-37-21-26;2*2-1(3,4)8(5,6)7/h3-10,13-15,18-22H,11-12,16-17H2,1-2H3;2*(H,5,6,7)/q+2;;/p-2/b7-6+,9-8+;;. The molecule has 8 nitrogen and oxygen atoms in total. The van der Waals surface area contributed by atoms with Crippen LogP contribution in [0.25, 0.3) is 46.8 Å². The number of halogens is 6. The Morgan fingerprint density at radius 3 is 1.65 bits per heavy atom. The normalized spacial score (nSPS) is 14.0. The number of alkyl halides is 6. The Morgan fingerprint density at radius 2 is 1.15 bits per heavy atom. The lowest BCUT2D eigenvalue weighted by Crippen LogP contribution is -2.45. The molecule has 0 saturated carbocycles. The van der Waals surface area contributed by atoms with Gasteiger partial charge in [-0.1, -0.05) is 12.2 Å². The van der Waals surface area contributed by atoms with E-state index in [2.05, 4.69) is 117 Å². The molecule has 4 aromatic heterocycles. The smallest absolute Gasteiger partial charge is 0.485 e. The van der Waals surface area contributed by atoms with Crippen molar-refractivity contribution in [2.24, 2.45) is 0 Å². The van der Waals surface area contributed by atoms with Crippen LogP contribution in [0.4, 0.5) is 26.3 Å². The number of hydrogen-bond acceptors (Lipinski definition) is 8. The molecule has 0 bridgehead atoms. The van der Waals surface area contributed by atoms with Crippen LogP contribution in [0.1, 0.15) is 44.6 Å². The molecule has 2 aliphatic rings. The van der Waals surface area contributed by atoms with Crippen molar-refractivity contribution in [3.63, 3.8) is 0 Å². The molecular weight excluding hydrogens is 799 g/mol. The SMILES string of the molecule is Cc1c(C)c2c(c3c1CC[n+]1ccc(/C=C/c4ccsc4)cc1-3)-c1cccc(/C=C/c3ccsc3)[n+]1CC2.O=S(=O)([O-])C(F)(F)F.O=S(=O)([O-])C(F)(F)F. The third kappa shape index (κ3) is 9.18. The van der Waals surface area contributed by atoms with Crippen molar-refractivity contribution in [1.29, 1.82) is 0 Å². The first-order valence-electron chi connectivity index (χ1n) is 15.8. The van der Waals surface area contributed by atoms with E-state index in [9.17, 15) is 26.3 Å². The van der Waals surface area contributed by atoms with Crippen LogP contribution in [0.2, 0.25) is 0 Å². The van der Waals surface area contributed by atoms with Crippen molar-refractivity contribution in [1.82, 2.24) is 0 Å². The van der Waals surface area contributed by atoms with Gasteiger partial charge in [-0.2, -0.15) is 58.2 Å². The predicted molar refractivity (Wildman–Crippen MR) is 193 cm³/mol. The molecule has 0 spiro atoms. The van der Waals surface area contributed by atoms with Gasteiger partial charge in [-0.15, -0.1) is 0 Å². The number of fused-ring (bicyclic) bond motifs is 7. The molecular formula is C36H30F6N2O6S4. The molecule has 7 rings (SSSR count). The molecule has 0 amide bonds. The van der Waals surface area contributed by atoms with E-state index in [4.69, 9.17) is 25.9 Å². The van der Waals surface area contributed by atoms with Gasteiger partial charge in [0.25, 0.3) is 0 Å². The van der Waals surface area contributed by atoms with Gasteiger partial charge < -0.3 is 9.11 Å². The number of nitrogens with zero attached hydrogens (tertiary/aromatic N) is 2. The van der Waals surface area contributed by atoms with Crippen molar-refractivity contribution in [2.45, 2.75) is 50.8 Å². The zero-order valence-corrected chi connectivity index (χ0v) is 31.6. The maximum atomic E-state index is 10.7. The van der Waals surface area contributed by atoms with Gasteiger partial charge >= 0.3 is 11.0 Å². The van der Waals surface area contributed by atoms with E-state index in [1.54, 1.807) is 22.7 Å². The molecule has 1 aromatic carbocycles. The summed E-state index contributed by atoms with van der Waals surface area (Å²) in [7, 11) is -12.2. The number of pyridine rings is 2. The fourth-order valence-corrected chi connectivity index (χ4v) is 7.38. The molecule has 0 saturated heterocycles. The van der Waals surface area contributed by atoms with Gasteiger partial charge in [0.2, 0.25) is 17.1 Å². The Morgan fingerprint density at radius 1 is 0.667 bits per heavy atom. The fourth-order valence-electron chi connectivity index (χ4n) is 6.12. The molecule has 286 valence electrons. The molecule has 0 radical (unpaired) electrons. The zero-order chi connectivity index (χ0) is 39.6. The van der Waals surface area contributed by atoms with Crippen molar-refractivity contribution in [3.8, 4) is 22.5 Å². The highest BCUT2D eigenvalue weighted by Gasteiger charge is 2.38. The van der Waals surface area contributed by atoms with E-state index in [1.807, 2.05) is 0 Å². The van der Waals surface area contributed by atoms with E-state index < -0.39 is 31.3 Å². The largest absolute Gasteiger partial charge is 0.741 e. The minimum absolute atomic E-state index is 1.01. The minimum atomic E-state index is -6.09. The first-order valence-corrected chi connectivity index (χ1v) is 20.5. The van der Waals surface area contributed by atoms with Crippen LogP contribution in [0.3, 0.4) is 0 Å².